The van der Waals surface area contributed by atoms with Gasteiger partial charge in [0.15, 0.2) is 17.7 Å². The Bertz CT molecular complexity index is 1610. The lowest BCUT2D eigenvalue weighted by atomic mass is 9.88. The van der Waals surface area contributed by atoms with E-state index in [0.29, 0.717) is 28.4 Å². The maximum atomic E-state index is 14.2. The topological polar surface area (TPSA) is 53.4 Å². The summed E-state index contributed by atoms with van der Waals surface area (Å²) >= 11 is 6.29. The molecule has 0 spiro atoms. The standard InChI is InChI=1S/C33H35ClF2N2O3/c1-6-40-32(39)30(41-33(3,4)5)27-19(2)37-31-29(28(27)21-12-14-22(34)15-13-21)23-9-7-8-10-26(23)38(31)18-20-11-16-24(35)25(36)17-20/h11-17,30H,6-10,18H2,1-5H3/t30-/m0/s1. The molecule has 2 heterocycles. The van der Waals surface area contributed by atoms with Crippen LogP contribution in [0.4, 0.5) is 8.78 Å². The predicted octanol–water partition coefficient (Wildman–Crippen LogP) is 8.29. The summed E-state index contributed by atoms with van der Waals surface area (Å²) in [5.41, 5.74) is 6.05. The number of hydrogen-bond acceptors (Lipinski definition) is 4. The smallest absolute Gasteiger partial charge is 0.340 e. The zero-order valence-corrected chi connectivity index (χ0v) is 24.9. The minimum atomic E-state index is -1.01. The predicted molar refractivity (Wildman–Crippen MR) is 157 cm³/mol. The number of benzene rings is 2. The van der Waals surface area contributed by atoms with Gasteiger partial charge in [-0.15, -0.1) is 0 Å². The van der Waals surface area contributed by atoms with Gasteiger partial charge >= 0.3 is 5.97 Å². The van der Waals surface area contributed by atoms with Gasteiger partial charge in [-0.25, -0.2) is 18.6 Å². The number of aromatic nitrogens is 2. The first-order chi connectivity index (χ1) is 19.5. The number of pyridine rings is 1. The first kappa shape index (κ1) is 29.2. The van der Waals surface area contributed by atoms with E-state index in [0.717, 1.165) is 65.2 Å². The number of fused-ring (bicyclic) bond motifs is 3. The van der Waals surface area contributed by atoms with Gasteiger partial charge in [0.05, 0.1) is 12.2 Å². The van der Waals surface area contributed by atoms with Gasteiger partial charge in [0.1, 0.15) is 5.65 Å². The number of carbonyl (C=O) groups is 1. The molecule has 8 heteroatoms. The summed E-state index contributed by atoms with van der Waals surface area (Å²) in [7, 11) is 0. The van der Waals surface area contributed by atoms with Gasteiger partial charge in [-0.3, -0.25) is 0 Å². The third-order valence-electron chi connectivity index (χ3n) is 7.42. The van der Waals surface area contributed by atoms with Crippen molar-refractivity contribution >= 4 is 28.6 Å². The monoisotopic (exact) mass is 580 g/mol. The van der Waals surface area contributed by atoms with Gasteiger partial charge in [0.25, 0.3) is 0 Å². The summed E-state index contributed by atoms with van der Waals surface area (Å²) in [6.07, 6.45) is 2.70. The van der Waals surface area contributed by atoms with Crippen LogP contribution in [0, 0.1) is 18.6 Å². The lowest BCUT2D eigenvalue weighted by Crippen LogP contribution is -2.30. The van der Waals surface area contributed by atoms with Crippen LogP contribution < -0.4 is 0 Å². The van der Waals surface area contributed by atoms with Gasteiger partial charge in [0.2, 0.25) is 0 Å². The van der Waals surface area contributed by atoms with Crippen molar-refractivity contribution in [3.8, 4) is 11.1 Å². The molecule has 5 nitrogen and oxygen atoms in total. The zero-order valence-electron chi connectivity index (χ0n) is 24.1. The van der Waals surface area contributed by atoms with Crippen LogP contribution in [-0.4, -0.2) is 27.7 Å². The second-order valence-corrected chi connectivity index (χ2v) is 12.0. The number of halogens is 3. The van der Waals surface area contributed by atoms with E-state index in [2.05, 4.69) is 4.57 Å². The number of aryl methyl sites for hydroxylation is 2. The third-order valence-corrected chi connectivity index (χ3v) is 7.67. The van der Waals surface area contributed by atoms with Crippen LogP contribution in [-0.2, 0) is 33.7 Å². The lowest BCUT2D eigenvalue weighted by Gasteiger charge is -2.29. The molecule has 1 aliphatic carbocycles. The summed E-state index contributed by atoms with van der Waals surface area (Å²) in [5, 5.41) is 1.54. The average Bonchev–Trinajstić information content (AvgIpc) is 3.21. The Labute approximate surface area is 244 Å². The fourth-order valence-corrected chi connectivity index (χ4v) is 5.92. The van der Waals surface area contributed by atoms with Crippen LogP contribution in [0.1, 0.15) is 74.7 Å². The summed E-state index contributed by atoms with van der Waals surface area (Å²) in [6, 6.07) is 11.6. The summed E-state index contributed by atoms with van der Waals surface area (Å²) in [4.78, 5) is 18.6. The molecule has 5 rings (SSSR count). The first-order valence-electron chi connectivity index (χ1n) is 14.1. The Morgan fingerprint density at radius 2 is 1.78 bits per heavy atom. The van der Waals surface area contributed by atoms with Crippen LogP contribution in [0.25, 0.3) is 22.2 Å². The van der Waals surface area contributed by atoms with Crippen LogP contribution in [0.15, 0.2) is 42.5 Å². The highest BCUT2D eigenvalue weighted by molar-refractivity contribution is 6.30. The molecule has 0 radical (unpaired) electrons. The van der Waals surface area contributed by atoms with E-state index >= 15 is 0 Å². The van der Waals surface area contributed by atoms with Gasteiger partial charge in [-0.05, 0) is 101 Å². The number of esters is 1. The van der Waals surface area contributed by atoms with Gasteiger partial charge in [-0.2, -0.15) is 0 Å². The van der Waals surface area contributed by atoms with E-state index in [4.69, 9.17) is 26.1 Å². The van der Waals surface area contributed by atoms with Crippen molar-refractivity contribution in [3.63, 3.8) is 0 Å². The molecule has 41 heavy (non-hydrogen) atoms. The maximum Gasteiger partial charge on any atom is 0.340 e. The minimum absolute atomic E-state index is 0.216. The molecule has 216 valence electrons. The van der Waals surface area contributed by atoms with Crippen molar-refractivity contribution in [1.82, 2.24) is 9.55 Å². The quantitative estimate of drug-likeness (QED) is 0.206. The van der Waals surface area contributed by atoms with Crippen molar-refractivity contribution in [1.29, 1.82) is 0 Å². The summed E-state index contributed by atoms with van der Waals surface area (Å²) in [5.74, 6) is -2.23. The molecule has 0 saturated carbocycles. The van der Waals surface area contributed by atoms with Crippen LogP contribution in [0.3, 0.4) is 0 Å². The van der Waals surface area contributed by atoms with E-state index in [9.17, 15) is 13.6 Å². The summed E-state index contributed by atoms with van der Waals surface area (Å²) < 4.78 is 42.0. The van der Waals surface area contributed by atoms with Crippen LogP contribution in [0.5, 0.6) is 0 Å². The molecule has 1 aliphatic rings. The first-order valence-corrected chi connectivity index (χ1v) is 14.4. The van der Waals surface area contributed by atoms with Crippen LogP contribution >= 0.6 is 11.6 Å². The highest BCUT2D eigenvalue weighted by Crippen LogP contribution is 2.44. The Morgan fingerprint density at radius 3 is 2.44 bits per heavy atom. The van der Waals surface area contributed by atoms with Crippen molar-refractivity contribution in [3.05, 3.63) is 87.2 Å². The van der Waals surface area contributed by atoms with Crippen molar-refractivity contribution in [2.45, 2.75) is 78.6 Å². The van der Waals surface area contributed by atoms with Crippen molar-refractivity contribution in [2.75, 3.05) is 6.61 Å². The molecule has 1 atom stereocenters. The fourth-order valence-electron chi connectivity index (χ4n) is 5.79. The van der Waals surface area contributed by atoms with E-state index in [1.54, 1.807) is 13.0 Å². The molecule has 0 fully saturated rings. The molecule has 2 aromatic carbocycles. The molecular weight excluding hydrogens is 546 g/mol. The Balaban J connectivity index is 1.85. The third kappa shape index (κ3) is 5.88. The van der Waals surface area contributed by atoms with Crippen molar-refractivity contribution in [2.24, 2.45) is 0 Å². The highest BCUT2D eigenvalue weighted by Gasteiger charge is 2.35. The Kier molecular flexibility index (Phi) is 8.22. The molecule has 0 N–H and O–H groups in total. The average molecular weight is 581 g/mol. The van der Waals surface area contributed by atoms with E-state index in [-0.39, 0.29) is 6.61 Å². The molecule has 0 amide bonds. The number of carbonyl (C=O) groups excluding carboxylic acids is 1. The maximum absolute atomic E-state index is 14.2. The second-order valence-electron chi connectivity index (χ2n) is 11.5. The number of ether oxygens (including phenoxy) is 2. The minimum Gasteiger partial charge on any atom is -0.464 e. The molecule has 0 aliphatic heterocycles. The second kappa shape index (κ2) is 11.5. The zero-order chi connectivity index (χ0) is 29.5. The van der Waals surface area contributed by atoms with Gasteiger partial charge < -0.3 is 14.0 Å². The molecule has 2 aromatic heterocycles. The molecule has 0 bridgehead atoms. The summed E-state index contributed by atoms with van der Waals surface area (Å²) in [6.45, 7) is 9.92. The van der Waals surface area contributed by atoms with E-state index in [1.807, 2.05) is 52.0 Å². The molecular formula is C33H35ClF2N2O3. The van der Waals surface area contributed by atoms with E-state index in [1.165, 1.54) is 6.07 Å². The van der Waals surface area contributed by atoms with E-state index < -0.39 is 29.3 Å². The van der Waals surface area contributed by atoms with Crippen molar-refractivity contribution < 1.29 is 23.0 Å². The molecule has 0 unspecified atom stereocenters. The molecule has 0 saturated heterocycles. The largest absolute Gasteiger partial charge is 0.464 e. The number of rotatable bonds is 7. The van der Waals surface area contributed by atoms with Gasteiger partial charge in [0, 0.05) is 39.5 Å². The highest BCUT2D eigenvalue weighted by atomic mass is 35.5. The fraction of sp³-hybridized carbons (Fsp3) is 0.394. The normalized spacial score (nSPS) is 14.2. The van der Waals surface area contributed by atoms with Crippen LogP contribution in [0.2, 0.25) is 5.02 Å². The number of nitrogens with zero attached hydrogens (tertiary/aromatic N) is 2. The molecule has 4 aromatic rings. The lowest BCUT2D eigenvalue weighted by molar-refractivity contribution is -0.166. The number of hydrogen-bond donors (Lipinski definition) is 0. The van der Waals surface area contributed by atoms with Gasteiger partial charge in [-0.1, -0.05) is 29.8 Å². The SMILES string of the molecule is CCOC(=O)[C@@H](OC(C)(C)C)c1c(C)nc2c(c3c(n2Cc2ccc(F)c(F)c2)CCCC3)c1-c1ccc(Cl)cc1. The Hall–Kier alpha value is -3.29. The Morgan fingerprint density at radius 1 is 1.07 bits per heavy atom.